The Bertz CT molecular complexity index is 475. The Morgan fingerprint density at radius 2 is 2.35 bits per heavy atom. The highest BCUT2D eigenvalue weighted by molar-refractivity contribution is 9.10. The lowest BCUT2D eigenvalue weighted by atomic mass is 10.2. The first-order chi connectivity index (χ1) is 9.69. The van der Waals surface area contributed by atoms with E-state index in [9.17, 15) is 0 Å². The molecule has 110 valence electrons. The standard InChI is InChI=1S/C14H19BrClN3O/c1-17-14(19-9-12-3-2-6-20-12)18-8-10-4-5-11(15)7-13(10)16/h4-5,7,12H,2-3,6,8-9H2,1H3,(H2,17,18,19). The number of halogens is 2. The Kier molecular flexibility index (Phi) is 6.13. The van der Waals surface area contributed by atoms with Crippen LogP contribution >= 0.6 is 27.5 Å². The third-order valence-electron chi connectivity index (χ3n) is 3.21. The van der Waals surface area contributed by atoms with Gasteiger partial charge in [0.15, 0.2) is 5.96 Å². The molecule has 0 radical (unpaired) electrons. The van der Waals surface area contributed by atoms with E-state index in [2.05, 4.69) is 31.6 Å². The van der Waals surface area contributed by atoms with Gasteiger partial charge in [0.2, 0.25) is 0 Å². The molecule has 1 saturated heterocycles. The van der Waals surface area contributed by atoms with Crippen LogP contribution in [0.2, 0.25) is 5.02 Å². The van der Waals surface area contributed by atoms with E-state index in [0.717, 1.165) is 47.0 Å². The van der Waals surface area contributed by atoms with E-state index in [1.54, 1.807) is 7.05 Å². The van der Waals surface area contributed by atoms with Gasteiger partial charge in [-0.05, 0) is 30.5 Å². The van der Waals surface area contributed by atoms with E-state index >= 15 is 0 Å². The first-order valence-electron chi connectivity index (χ1n) is 6.69. The normalized spacial score (nSPS) is 19.1. The summed E-state index contributed by atoms with van der Waals surface area (Å²) in [6.45, 7) is 2.29. The highest BCUT2D eigenvalue weighted by Crippen LogP contribution is 2.21. The van der Waals surface area contributed by atoms with Crippen molar-refractivity contribution in [3.63, 3.8) is 0 Å². The molecule has 0 bridgehead atoms. The molecule has 1 aromatic rings. The Morgan fingerprint density at radius 1 is 1.50 bits per heavy atom. The largest absolute Gasteiger partial charge is 0.376 e. The zero-order valence-electron chi connectivity index (χ0n) is 11.5. The van der Waals surface area contributed by atoms with Crippen LogP contribution in [0.1, 0.15) is 18.4 Å². The van der Waals surface area contributed by atoms with Crippen LogP contribution in [0.5, 0.6) is 0 Å². The maximum Gasteiger partial charge on any atom is 0.191 e. The summed E-state index contributed by atoms with van der Waals surface area (Å²) in [7, 11) is 1.76. The highest BCUT2D eigenvalue weighted by atomic mass is 79.9. The molecular formula is C14H19BrClN3O. The van der Waals surface area contributed by atoms with Gasteiger partial charge in [-0.3, -0.25) is 4.99 Å². The minimum atomic E-state index is 0.296. The average molecular weight is 361 g/mol. The summed E-state index contributed by atoms with van der Waals surface area (Å²) in [6, 6.07) is 5.86. The summed E-state index contributed by atoms with van der Waals surface area (Å²) in [5.74, 6) is 0.763. The molecule has 1 aliphatic rings. The second kappa shape index (κ2) is 7.86. The van der Waals surface area contributed by atoms with Crippen LogP contribution in [0.3, 0.4) is 0 Å². The number of benzene rings is 1. The molecule has 0 amide bonds. The molecule has 6 heteroatoms. The SMILES string of the molecule is CN=C(NCc1ccc(Br)cc1Cl)NCC1CCCO1. The first kappa shape index (κ1) is 15.6. The number of aliphatic imine (C=N–C) groups is 1. The molecule has 1 fully saturated rings. The quantitative estimate of drug-likeness (QED) is 0.641. The Morgan fingerprint density at radius 3 is 3.00 bits per heavy atom. The van der Waals surface area contributed by atoms with Gasteiger partial charge in [0.05, 0.1) is 6.10 Å². The van der Waals surface area contributed by atoms with Crippen molar-refractivity contribution in [1.82, 2.24) is 10.6 Å². The average Bonchev–Trinajstić information content (AvgIpc) is 2.94. The molecule has 4 nitrogen and oxygen atoms in total. The molecule has 0 aromatic heterocycles. The van der Waals surface area contributed by atoms with Gasteiger partial charge in [0, 0.05) is 36.2 Å². The fourth-order valence-electron chi connectivity index (χ4n) is 2.08. The van der Waals surface area contributed by atoms with Gasteiger partial charge in [-0.15, -0.1) is 0 Å². The molecule has 0 saturated carbocycles. The smallest absolute Gasteiger partial charge is 0.191 e. The minimum Gasteiger partial charge on any atom is -0.376 e. The van der Waals surface area contributed by atoms with Crippen LogP contribution in [0.25, 0.3) is 0 Å². The molecule has 1 atom stereocenters. The molecular weight excluding hydrogens is 342 g/mol. The van der Waals surface area contributed by atoms with Crippen LogP contribution < -0.4 is 10.6 Å². The van der Waals surface area contributed by atoms with Crippen molar-refractivity contribution in [3.05, 3.63) is 33.3 Å². The molecule has 2 rings (SSSR count). The second-order valence-electron chi connectivity index (χ2n) is 4.68. The third kappa shape index (κ3) is 4.65. The lowest BCUT2D eigenvalue weighted by Crippen LogP contribution is -2.40. The number of guanidine groups is 1. The molecule has 2 N–H and O–H groups in total. The molecule has 0 spiro atoms. The van der Waals surface area contributed by atoms with Crippen molar-refractivity contribution in [2.24, 2.45) is 4.99 Å². The van der Waals surface area contributed by atoms with Gasteiger partial charge in [-0.1, -0.05) is 33.6 Å². The van der Waals surface area contributed by atoms with Crippen molar-refractivity contribution < 1.29 is 4.74 Å². The van der Waals surface area contributed by atoms with Crippen LogP contribution in [0.4, 0.5) is 0 Å². The van der Waals surface area contributed by atoms with Gasteiger partial charge in [-0.2, -0.15) is 0 Å². The lowest BCUT2D eigenvalue weighted by Gasteiger charge is -2.15. The van der Waals surface area contributed by atoms with Gasteiger partial charge >= 0.3 is 0 Å². The van der Waals surface area contributed by atoms with Crippen molar-refractivity contribution in [3.8, 4) is 0 Å². The third-order valence-corrected chi connectivity index (χ3v) is 4.05. The Hall–Kier alpha value is -0.780. The molecule has 1 aliphatic heterocycles. The van der Waals surface area contributed by atoms with Crippen molar-refractivity contribution in [1.29, 1.82) is 0 Å². The van der Waals surface area contributed by atoms with E-state index in [-0.39, 0.29) is 0 Å². The minimum absolute atomic E-state index is 0.296. The van der Waals surface area contributed by atoms with Crippen molar-refractivity contribution in [2.75, 3.05) is 20.2 Å². The van der Waals surface area contributed by atoms with Gasteiger partial charge in [0.1, 0.15) is 0 Å². The summed E-state index contributed by atoms with van der Waals surface area (Å²) < 4.78 is 6.55. The predicted octanol–water partition coefficient (Wildman–Crippen LogP) is 2.95. The predicted molar refractivity (Wildman–Crippen MR) is 86.3 cm³/mol. The lowest BCUT2D eigenvalue weighted by molar-refractivity contribution is 0.114. The molecule has 0 aliphatic carbocycles. The molecule has 1 unspecified atom stereocenters. The number of hydrogen-bond donors (Lipinski definition) is 2. The van der Waals surface area contributed by atoms with E-state index in [1.165, 1.54) is 0 Å². The van der Waals surface area contributed by atoms with E-state index < -0.39 is 0 Å². The van der Waals surface area contributed by atoms with E-state index in [0.29, 0.717) is 12.6 Å². The van der Waals surface area contributed by atoms with Crippen LogP contribution in [-0.2, 0) is 11.3 Å². The number of nitrogens with one attached hydrogen (secondary N) is 2. The molecule has 20 heavy (non-hydrogen) atoms. The monoisotopic (exact) mass is 359 g/mol. The number of rotatable bonds is 4. The fourth-order valence-corrected chi connectivity index (χ4v) is 2.82. The zero-order valence-corrected chi connectivity index (χ0v) is 13.8. The van der Waals surface area contributed by atoms with Crippen LogP contribution in [0.15, 0.2) is 27.7 Å². The van der Waals surface area contributed by atoms with E-state index in [4.69, 9.17) is 16.3 Å². The summed E-state index contributed by atoms with van der Waals surface area (Å²) in [6.07, 6.45) is 2.56. The van der Waals surface area contributed by atoms with Gasteiger partial charge in [-0.25, -0.2) is 0 Å². The summed E-state index contributed by atoms with van der Waals surface area (Å²) >= 11 is 9.58. The topological polar surface area (TPSA) is 45.7 Å². The number of nitrogens with zero attached hydrogens (tertiary/aromatic N) is 1. The maximum atomic E-state index is 6.19. The van der Waals surface area contributed by atoms with Crippen LogP contribution in [-0.4, -0.2) is 32.3 Å². The van der Waals surface area contributed by atoms with Crippen molar-refractivity contribution in [2.45, 2.75) is 25.5 Å². The maximum absolute atomic E-state index is 6.19. The Balaban J connectivity index is 1.81. The Labute approximate surface area is 133 Å². The molecule has 1 heterocycles. The number of hydrogen-bond acceptors (Lipinski definition) is 2. The number of ether oxygens (including phenoxy) is 1. The fraction of sp³-hybridized carbons (Fsp3) is 0.500. The summed E-state index contributed by atoms with van der Waals surface area (Å²) in [5, 5.41) is 7.26. The summed E-state index contributed by atoms with van der Waals surface area (Å²) in [4.78, 5) is 4.20. The van der Waals surface area contributed by atoms with Gasteiger partial charge < -0.3 is 15.4 Å². The van der Waals surface area contributed by atoms with Crippen LogP contribution in [0, 0.1) is 0 Å². The first-order valence-corrected chi connectivity index (χ1v) is 7.86. The van der Waals surface area contributed by atoms with Gasteiger partial charge in [0.25, 0.3) is 0 Å². The zero-order chi connectivity index (χ0) is 14.4. The van der Waals surface area contributed by atoms with Crippen molar-refractivity contribution >= 4 is 33.5 Å². The highest BCUT2D eigenvalue weighted by Gasteiger charge is 2.15. The second-order valence-corrected chi connectivity index (χ2v) is 6.00. The molecule has 1 aromatic carbocycles. The van der Waals surface area contributed by atoms with E-state index in [1.807, 2.05) is 18.2 Å². The summed E-state index contributed by atoms with van der Waals surface area (Å²) in [5.41, 5.74) is 1.04.